The number of nitro benzene ring substituents is 1. The lowest BCUT2D eigenvalue weighted by atomic mass is 9.91. The van der Waals surface area contributed by atoms with E-state index >= 15 is 0 Å². The lowest BCUT2D eigenvalue weighted by molar-refractivity contribution is -0.385. The number of hydrogen-bond acceptors (Lipinski definition) is 8. The van der Waals surface area contributed by atoms with Crippen molar-refractivity contribution in [2.45, 2.75) is 32.1 Å². The molecular formula is C19H21N7O4. The first-order valence-corrected chi connectivity index (χ1v) is 9.61. The van der Waals surface area contributed by atoms with Crippen molar-refractivity contribution in [2.75, 3.05) is 34.4 Å². The Morgan fingerprint density at radius 3 is 2.77 bits per heavy atom. The van der Waals surface area contributed by atoms with Gasteiger partial charge in [-0.15, -0.1) is 0 Å². The molecule has 2 aliphatic heterocycles. The fraction of sp³-hybridized carbons (Fsp3) is 0.368. The molecule has 3 heterocycles. The molecule has 1 saturated heterocycles. The smallest absolute Gasteiger partial charge is 0.274 e. The van der Waals surface area contributed by atoms with E-state index in [-0.39, 0.29) is 35.3 Å². The number of fused-ring (bicyclic) bond motifs is 1. The minimum atomic E-state index is -0.901. The van der Waals surface area contributed by atoms with Gasteiger partial charge in [-0.2, -0.15) is 9.97 Å². The Hall–Kier alpha value is -3.76. The Labute approximate surface area is 171 Å². The van der Waals surface area contributed by atoms with Gasteiger partial charge in [0, 0.05) is 36.8 Å². The van der Waals surface area contributed by atoms with Crippen molar-refractivity contribution >= 4 is 40.8 Å². The molecule has 11 heteroatoms. The number of rotatable bonds is 4. The fourth-order valence-corrected chi connectivity index (χ4v) is 3.78. The molecule has 1 atom stereocenters. The molecule has 11 nitrogen and oxygen atoms in total. The van der Waals surface area contributed by atoms with Crippen LogP contribution in [0, 0.1) is 17.0 Å². The maximum atomic E-state index is 13.0. The predicted octanol–water partition coefficient (Wildman–Crippen LogP) is 1.94. The summed E-state index contributed by atoms with van der Waals surface area (Å²) in [4.78, 5) is 46.6. The molecule has 0 radical (unpaired) electrons. The van der Waals surface area contributed by atoms with Gasteiger partial charge in [0.2, 0.25) is 17.8 Å². The number of hydrogen-bond donors (Lipinski definition) is 3. The van der Waals surface area contributed by atoms with E-state index < -0.39 is 16.7 Å². The summed E-state index contributed by atoms with van der Waals surface area (Å²) in [6.07, 6.45) is 1.93. The van der Waals surface area contributed by atoms with Crippen molar-refractivity contribution in [1.29, 1.82) is 0 Å². The topological polar surface area (TPSA) is 156 Å². The average Bonchev–Trinajstić information content (AvgIpc) is 3.23. The van der Waals surface area contributed by atoms with Gasteiger partial charge in [-0.1, -0.05) is 6.07 Å². The molecule has 4 rings (SSSR count). The SMILES string of the molecule is Cc1ccc(NC(=O)[C@H]2CC(=O)Nc3nc(N4CCCC4)nc(N)c32)cc1[N+](=O)[O-]. The molecule has 0 saturated carbocycles. The Kier molecular flexibility index (Phi) is 4.94. The van der Waals surface area contributed by atoms with E-state index in [0.717, 1.165) is 25.9 Å². The van der Waals surface area contributed by atoms with Crippen LogP contribution in [-0.4, -0.2) is 39.8 Å². The first-order chi connectivity index (χ1) is 14.3. The number of aryl methyl sites for hydroxylation is 1. The highest BCUT2D eigenvalue weighted by atomic mass is 16.6. The molecule has 30 heavy (non-hydrogen) atoms. The zero-order chi connectivity index (χ0) is 21.4. The Bertz CT molecular complexity index is 1050. The van der Waals surface area contributed by atoms with Crippen molar-refractivity contribution in [1.82, 2.24) is 9.97 Å². The number of nitrogens with zero attached hydrogens (tertiary/aromatic N) is 4. The Morgan fingerprint density at radius 1 is 1.33 bits per heavy atom. The first kappa shape index (κ1) is 19.6. The van der Waals surface area contributed by atoms with Crippen LogP contribution >= 0.6 is 0 Å². The maximum Gasteiger partial charge on any atom is 0.274 e. The number of nitrogens with two attached hydrogens (primary N) is 1. The van der Waals surface area contributed by atoms with E-state index in [1.165, 1.54) is 6.07 Å². The number of aromatic nitrogens is 2. The second-order valence-corrected chi connectivity index (χ2v) is 7.42. The molecule has 0 spiro atoms. The van der Waals surface area contributed by atoms with Crippen LogP contribution in [0.3, 0.4) is 0 Å². The van der Waals surface area contributed by atoms with Gasteiger partial charge in [0.15, 0.2) is 0 Å². The molecule has 1 fully saturated rings. The number of nitro groups is 1. The number of carbonyl (C=O) groups excluding carboxylic acids is 2. The monoisotopic (exact) mass is 411 g/mol. The van der Waals surface area contributed by atoms with E-state index in [2.05, 4.69) is 20.6 Å². The normalized spacial score (nSPS) is 18.0. The van der Waals surface area contributed by atoms with E-state index in [9.17, 15) is 19.7 Å². The molecule has 156 valence electrons. The zero-order valence-electron chi connectivity index (χ0n) is 16.3. The van der Waals surface area contributed by atoms with Gasteiger partial charge in [0.05, 0.1) is 16.4 Å². The molecule has 1 aromatic heterocycles. The number of benzene rings is 1. The Morgan fingerprint density at radius 2 is 2.07 bits per heavy atom. The number of nitrogens with one attached hydrogen (secondary N) is 2. The quantitative estimate of drug-likeness (QED) is 0.509. The number of amides is 2. The third kappa shape index (κ3) is 3.61. The summed E-state index contributed by atoms with van der Waals surface area (Å²) >= 11 is 0. The average molecular weight is 411 g/mol. The highest BCUT2D eigenvalue weighted by Crippen LogP contribution is 2.37. The lowest BCUT2D eigenvalue weighted by Crippen LogP contribution is -2.33. The van der Waals surface area contributed by atoms with E-state index in [4.69, 9.17) is 5.73 Å². The summed E-state index contributed by atoms with van der Waals surface area (Å²) in [6, 6.07) is 4.41. The summed E-state index contributed by atoms with van der Waals surface area (Å²) in [5.74, 6) is -0.967. The third-order valence-corrected chi connectivity index (χ3v) is 5.34. The highest BCUT2D eigenvalue weighted by molar-refractivity contribution is 6.05. The second kappa shape index (κ2) is 7.58. The summed E-state index contributed by atoms with van der Waals surface area (Å²) in [6.45, 7) is 3.23. The summed E-state index contributed by atoms with van der Waals surface area (Å²) in [7, 11) is 0. The molecule has 0 aliphatic carbocycles. The lowest BCUT2D eigenvalue weighted by Gasteiger charge is -2.26. The van der Waals surface area contributed by atoms with Crippen LogP contribution in [0.4, 0.5) is 29.0 Å². The maximum absolute atomic E-state index is 13.0. The van der Waals surface area contributed by atoms with Gasteiger partial charge in [0.1, 0.15) is 11.6 Å². The summed E-state index contributed by atoms with van der Waals surface area (Å²) < 4.78 is 0. The Balaban J connectivity index is 1.64. The van der Waals surface area contributed by atoms with Gasteiger partial charge in [-0.25, -0.2) is 0 Å². The zero-order valence-corrected chi connectivity index (χ0v) is 16.3. The van der Waals surface area contributed by atoms with E-state index in [0.29, 0.717) is 17.1 Å². The molecule has 2 aromatic rings. The minimum Gasteiger partial charge on any atom is -0.383 e. The van der Waals surface area contributed by atoms with Crippen molar-refractivity contribution in [3.63, 3.8) is 0 Å². The van der Waals surface area contributed by atoms with Crippen LogP contribution in [0.2, 0.25) is 0 Å². The van der Waals surface area contributed by atoms with Gasteiger partial charge in [0.25, 0.3) is 5.69 Å². The van der Waals surface area contributed by atoms with Crippen LogP contribution in [0.25, 0.3) is 0 Å². The summed E-state index contributed by atoms with van der Waals surface area (Å²) in [5, 5.41) is 16.5. The fourth-order valence-electron chi connectivity index (χ4n) is 3.78. The van der Waals surface area contributed by atoms with Crippen molar-refractivity contribution in [3.05, 3.63) is 39.4 Å². The van der Waals surface area contributed by atoms with Crippen LogP contribution < -0.4 is 21.3 Å². The predicted molar refractivity (Wildman–Crippen MR) is 110 cm³/mol. The van der Waals surface area contributed by atoms with Crippen molar-refractivity contribution < 1.29 is 14.5 Å². The van der Waals surface area contributed by atoms with Gasteiger partial charge < -0.3 is 21.3 Å². The van der Waals surface area contributed by atoms with Crippen molar-refractivity contribution in [3.8, 4) is 0 Å². The minimum absolute atomic E-state index is 0.104. The number of nitrogen functional groups attached to an aromatic ring is 1. The second-order valence-electron chi connectivity index (χ2n) is 7.42. The van der Waals surface area contributed by atoms with Gasteiger partial charge in [-0.05, 0) is 25.8 Å². The third-order valence-electron chi connectivity index (χ3n) is 5.34. The molecule has 0 unspecified atom stereocenters. The van der Waals surface area contributed by atoms with Gasteiger partial charge >= 0.3 is 0 Å². The standard InChI is InChI=1S/C19H21N7O4/c1-10-4-5-11(8-13(10)26(29)30)21-18(28)12-9-14(27)22-17-15(12)16(20)23-19(24-17)25-6-2-3-7-25/h4-5,8,12H,2-3,6-7,9H2,1H3,(H,21,28)(H3,20,22,23,24,27)/t12-/m0/s1. The molecular weight excluding hydrogens is 390 g/mol. The molecule has 2 aliphatic rings. The van der Waals surface area contributed by atoms with Crippen LogP contribution in [0.5, 0.6) is 0 Å². The number of anilines is 4. The van der Waals surface area contributed by atoms with E-state index in [1.807, 2.05) is 4.90 Å². The molecule has 2 amide bonds. The van der Waals surface area contributed by atoms with Crippen LogP contribution in [-0.2, 0) is 9.59 Å². The molecule has 0 bridgehead atoms. The summed E-state index contributed by atoms with van der Waals surface area (Å²) in [5.41, 5.74) is 7.16. The molecule has 1 aromatic carbocycles. The van der Waals surface area contributed by atoms with Gasteiger partial charge in [-0.3, -0.25) is 19.7 Å². The highest BCUT2D eigenvalue weighted by Gasteiger charge is 2.35. The van der Waals surface area contributed by atoms with E-state index in [1.54, 1.807) is 19.1 Å². The molecule has 4 N–H and O–H groups in total. The number of carbonyl (C=O) groups is 2. The van der Waals surface area contributed by atoms with Crippen LogP contribution in [0.15, 0.2) is 18.2 Å². The van der Waals surface area contributed by atoms with Crippen molar-refractivity contribution in [2.24, 2.45) is 0 Å². The first-order valence-electron chi connectivity index (χ1n) is 9.61. The largest absolute Gasteiger partial charge is 0.383 e. The van der Waals surface area contributed by atoms with Crippen LogP contribution in [0.1, 0.15) is 36.3 Å².